The Hall–Kier alpha value is -4.59. The zero-order valence-corrected chi connectivity index (χ0v) is 21.4. The zero-order valence-electron chi connectivity index (χ0n) is 21.4. The van der Waals surface area contributed by atoms with Gasteiger partial charge in [-0.25, -0.2) is 4.79 Å². The lowest BCUT2D eigenvalue weighted by Gasteiger charge is -2.19. The molecular weight excluding hydrogens is 480 g/mol. The van der Waals surface area contributed by atoms with Gasteiger partial charge in [0.1, 0.15) is 6.04 Å². The quantitative estimate of drug-likeness (QED) is 0.360. The van der Waals surface area contributed by atoms with Crippen molar-refractivity contribution in [1.29, 1.82) is 0 Å². The molecule has 1 aromatic heterocycles. The number of fused-ring (bicyclic) bond motifs is 1. The maximum absolute atomic E-state index is 12.7. The molecule has 38 heavy (non-hydrogen) atoms. The normalized spacial score (nSPS) is 13.2. The first-order chi connectivity index (χ1) is 18.2. The van der Waals surface area contributed by atoms with E-state index < -0.39 is 17.9 Å². The van der Waals surface area contributed by atoms with Crippen LogP contribution in [0.15, 0.2) is 76.2 Å². The van der Waals surface area contributed by atoms with E-state index in [1.807, 2.05) is 48.7 Å². The molecule has 2 N–H and O–H groups in total. The number of carboxylic acids is 1. The van der Waals surface area contributed by atoms with E-state index in [1.165, 1.54) is 5.56 Å². The smallest absolute Gasteiger partial charge is 0.326 e. The summed E-state index contributed by atoms with van der Waals surface area (Å²) < 4.78 is 5.47. The van der Waals surface area contributed by atoms with Gasteiger partial charge in [0.05, 0.1) is 6.54 Å². The molecule has 0 saturated carbocycles. The molecule has 0 unspecified atom stereocenters. The van der Waals surface area contributed by atoms with Gasteiger partial charge in [0.25, 0.3) is 11.8 Å². The maximum Gasteiger partial charge on any atom is 0.326 e. The molecule has 5 rings (SSSR count). The van der Waals surface area contributed by atoms with Gasteiger partial charge in [-0.1, -0.05) is 68.4 Å². The Morgan fingerprint density at radius 2 is 1.71 bits per heavy atom. The first-order valence-corrected chi connectivity index (χ1v) is 12.4. The minimum Gasteiger partial charge on any atom is -0.480 e. The molecule has 0 radical (unpaired) electrons. The second kappa shape index (κ2) is 10.0. The number of hydrogen-bond acceptors (Lipinski definition) is 6. The summed E-state index contributed by atoms with van der Waals surface area (Å²) in [4.78, 5) is 33.4. The molecule has 2 heterocycles. The van der Waals surface area contributed by atoms with Crippen LogP contribution >= 0.6 is 0 Å². The molecule has 4 aromatic rings. The predicted octanol–water partition coefficient (Wildman–Crippen LogP) is 5.06. The topological polar surface area (TPSA) is 118 Å². The number of nitrogens with zero attached hydrogens (tertiary/aromatic N) is 3. The second-order valence-electron chi connectivity index (χ2n) is 10.4. The average Bonchev–Trinajstić information content (AvgIpc) is 3.58. The summed E-state index contributed by atoms with van der Waals surface area (Å²) in [6.45, 7) is 6.97. The highest BCUT2D eigenvalue weighted by molar-refractivity contribution is 5.96. The van der Waals surface area contributed by atoms with Crippen molar-refractivity contribution >= 4 is 18.1 Å². The van der Waals surface area contributed by atoms with Crippen LogP contribution in [0.25, 0.3) is 22.8 Å². The predicted molar refractivity (Wildman–Crippen MR) is 144 cm³/mol. The van der Waals surface area contributed by atoms with Gasteiger partial charge in [-0.15, -0.1) is 0 Å². The van der Waals surface area contributed by atoms with Crippen LogP contribution < -0.4 is 5.32 Å². The summed E-state index contributed by atoms with van der Waals surface area (Å²) >= 11 is 0. The van der Waals surface area contributed by atoms with Crippen molar-refractivity contribution in [2.24, 2.45) is 4.99 Å². The van der Waals surface area contributed by atoms with Gasteiger partial charge in [-0.2, -0.15) is 4.98 Å². The van der Waals surface area contributed by atoms with Crippen molar-refractivity contribution in [3.8, 4) is 22.8 Å². The Kier molecular flexibility index (Phi) is 6.63. The molecule has 0 spiro atoms. The highest BCUT2D eigenvalue weighted by atomic mass is 16.5. The molecule has 0 aliphatic carbocycles. The first-order valence-electron chi connectivity index (χ1n) is 12.4. The number of aliphatic imine (C=N–C) groups is 1. The molecule has 1 aliphatic rings. The number of amides is 1. The number of benzene rings is 3. The standard InChI is InChI=1S/C30H28N4O4/c1-30(2,3)24-12-10-20(11-13-24)27(35)32-25(29(36)37)14-18-4-6-19(7-5-18)26-33-28(38-34-26)21-8-9-22-16-31-17-23(22)15-21/h4-13,15,17,25H,14,16H2,1-3H3,(H,32,35)(H,36,37)/t25-/m0/s1. The molecule has 0 fully saturated rings. The number of aromatic nitrogens is 2. The van der Waals surface area contributed by atoms with E-state index in [4.69, 9.17) is 4.52 Å². The van der Waals surface area contributed by atoms with Crippen molar-refractivity contribution in [3.63, 3.8) is 0 Å². The highest BCUT2D eigenvalue weighted by Gasteiger charge is 2.22. The lowest BCUT2D eigenvalue weighted by molar-refractivity contribution is -0.139. The summed E-state index contributed by atoms with van der Waals surface area (Å²) in [5.74, 6) is -0.679. The summed E-state index contributed by atoms with van der Waals surface area (Å²) in [5, 5.41) is 16.5. The fourth-order valence-corrected chi connectivity index (χ4v) is 4.28. The molecule has 192 valence electrons. The molecule has 8 heteroatoms. The molecule has 1 atom stereocenters. The summed E-state index contributed by atoms with van der Waals surface area (Å²) in [6, 6.07) is 19.3. The Labute approximate surface area is 220 Å². The van der Waals surface area contributed by atoms with Gasteiger partial charge in [-0.3, -0.25) is 9.79 Å². The fraction of sp³-hybridized carbons (Fsp3) is 0.233. The number of carbonyl (C=O) groups excluding carboxylic acids is 1. The first kappa shape index (κ1) is 25.1. The number of carbonyl (C=O) groups is 2. The number of carboxylic acid groups (broad SMARTS) is 1. The Bertz CT molecular complexity index is 1510. The average molecular weight is 509 g/mol. The van der Waals surface area contributed by atoms with Crippen LogP contribution in [0.5, 0.6) is 0 Å². The number of aliphatic carboxylic acids is 1. The molecule has 0 saturated heterocycles. The minimum atomic E-state index is -1.10. The van der Waals surface area contributed by atoms with Crippen LogP contribution in [0.1, 0.15) is 53.4 Å². The van der Waals surface area contributed by atoms with Gasteiger partial charge in [0, 0.05) is 29.3 Å². The van der Waals surface area contributed by atoms with Gasteiger partial charge in [-0.05, 0) is 51.9 Å². The third kappa shape index (κ3) is 5.39. The van der Waals surface area contributed by atoms with E-state index in [9.17, 15) is 14.7 Å². The SMILES string of the molecule is CC(C)(C)c1ccc(C(=O)N[C@@H](Cc2ccc(-c3noc(-c4ccc5c(c4)C=NC5)n3)cc2)C(=O)O)cc1. The number of hydrogen-bond donors (Lipinski definition) is 2. The van der Waals surface area contributed by atoms with E-state index in [2.05, 4.69) is 41.2 Å². The van der Waals surface area contributed by atoms with Crippen LogP contribution in [0.2, 0.25) is 0 Å². The summed E-state index contributed by atoms with van der Waals surface area (Å²) in [5.41, 5.74) is 6.01. The third-order valence-electron chi connectivity index (χ3n) is 6.58. The lowest BCUT2D eigenvalue weighted by atomic mass is 9.86. The van der Waals surface area contributed by atoms with E-state index in [-0.39, 0.29) is 11.8 Å². The Morgan fingerprint density at radius 1 is 1.00 bits per heavy atom. The van der Waals surface area contributed by atoms with Crippen molar-refractivity contribution in [2.75, 3.05) is 0 Å². The van der Waals surface area contributed by atoms with Crippen molar-refractivity contribution < 1.29 is 19.2 Å². The monoisotopic (exact) mass is 508 g/mol. The van der Waals surface area contributed by atoms with Gasteiger partial charge in [0.15, 0.2) is 0 Å². The second-order valence-corrected chi connectivity index (χ2v) is 10.4. The van der Waals surface area contributed by atoms with E-state index in [0.717, 1.165) is 27.8 Å². The van der Waals surface area contributed by atoms with E-state index >= 15 is 0 Å². The van der Waals surface area contributed by atoms with E-state index in [0.29, 0.717) is 23.8 Å². The lowest BCUT2D eigenvalue weighted by Crippen LogP contribution is -2.42. The maximum atomic E-state index is 12.7. The zero-order chi connectivity index (χ0) is 26.9. The van der Waals surface area contributed by atoms with Gasteiger partial charge < -0.3 is 14.9 Å². The molecule has 1 aliphatic heterocycles. The Balaban J connectivity index is 1.25. The largest absolute Gasteiger partial charge is 0.480 e. The van der Waals surface area contributed by atoms with Crippen molar-refractivity contribution in [3.05, 3.63) is 94.5 Å². The Morgan fingerprint density at radius 3 is 2.39 bits per heavy atom. The number of rotatable bonds is 7. The molecule has 0 bridgehead atoms. The van der Waals surface area contributed by atoms with Crippen molar-refractivity contribution in [2.45, 2.75) is 45.2 Å². The summed E-state index contributed by atoms with van der Waals surface area (Å²) in [6.07, 6.45) is 1.97. The van der Waals surface area contributed by atoms with Gasteiger partial charge >= 0.3 is 5.97 Å². The highest BCUT2D eigenvalue weighted by Crippen LogP contribution is 2.26. The van der Waals surface area contributed by atoms with Crippen LogP contribution in [-0.4, -0.2) is 39.4 Å². The van der Waals surface area contributed by atoms with E-state index in [1.54, 1.807) is 24.3 Å². The number of nitrogens with one attached hydrogen (secondary N) is 1. The van der Waals surface area contributed by atoms with Crippen LogP contribution in [0, 0.1) is 0 Å². The van der Waals surface area contributed by atoms with Crippen molar-refractivity contribution in [1.82, 2.24) is 15.5 Å². The molecular formula is C30H28N4O4. The van der Waals surface area contributed by atoms with Gasteiger partial charge in [0.2, 0.25) is 5.82 Å². The molecule has 3 aromatic carbocycles. The van der Waals surface area contributed by atoms with Crippen LogP contribution in [-0.2, 0) is 23.2 Å². The van der Waals surface area contributed by atoms with Crippen LogP contribution in [0.4, 0.5) is 0 Å². The molecule has 8 nitrogen and oxygen atoms in total. The summed E-state index contributed by atoms with van der Waals surface area (Å²) in [7, 11) is 0. The third-order valence-corrected chi connectivity index (χ3v) is 6.58. The van der Waals surface area contributed by atoms with Crippen LogP contribution in [0.3, 0.4) is 0 Å². The fourth-order valence-electron chi connectivity index (χ4n) is 4.28. The molecule has 1 amide bonds. The minimum absolute atomic E-state index is 0.0370.